The molecule has 0 unspecified atom stereocenters. The van der Waals surface area contributed by atoms with Gasteiger partial charge in [0.25, 0.3) is 11.5 Å². The first-order chi connectivity index (χ1) is 17.0. The second-order valence-electron chi connectivity index (χ2n) is 8.26. The van der Waals surface area contributed by atoms with E-state index in [0.717, 1.165) is 11.1 Å². The number of thiophene rings is 1. The standard InChI is InChI=1S/C24H19N5O5S/c1-27-22(31)20-16(8-10-35-20)29-19(25-26-24(27)29)13-34-23(32)17-11-14-5-2-3-6-15(14)12-28(17)21(30)18-7-4-9-33-18/h2-10,17H,11-13H2,1H3/t17-/m0/s1. The number of furan rings is 1. The lowest BCUT2D eigenvalue weighted by molar-refractivity contribution is -0.151. The molecule has 0 saturated heterocycles. The van der Waals surface area contributed by atoms with Crippen LogP contribution in [0.1, 0.15) is 27.5 Å². The topological polar surface area (TPSA) is 112 Å². The number of aromatic nitrogens is 4. The fourth-order valence-electron chi connectivity index (χ4n) is 4.47. The van der Waals surface area contributed by atoms with Gasteiger partial charge in [0.15, 0.2) is 18.2 Å². The summed E-state index contributed by atoms with van der Waals surface area (Å²) in [6, 6.07) is 11.9. The van der Waals surface area contributed by atoms with E-state index in [-0.39, 0.29) is 30.4 Å². The number of hydrogen-bond acceptors (Lipinski definition) is 8. The van der Waals surface area contributed by atoms with E-state index in [4.69, 9.17) is 9.15 Å². The minimum atomic E-state index is -0.827. The Hall–Kier alpha value is -4.25. The molecule has 35 heavy (non-hydrogen) atoms. The molecule has 5 aromatic rings. The van der Waals surface area contributed by atoms with E-state index in [1.165, 1.54) is 27.1 Å². The summed E-state index contributed by atoms with van der Waals surface area (Å²) in [6.45, 7) is 0.102. The van der Waals surface area contributed by atoms with Crippen LogP contribution in [0.25, 0.3) is 16.0 Å². The van der Waals surface area contributed by atoms with Crippen LogP contribution in [0.3, 0.4) is 0 Å². The van der Waals surface area contributed by atoms with Crippen molar-refractivity contribution in [2.24, 2.45) is 7.05 Å². The molecular weight excluding hydrogens is 470 g/mol. The quantitative estimate of drug-likeness (QED) is 0.357. The third-order valence-electron chi connectivity index (χ3n) is 6.25. The number of hydrogen-bond donors (Lipinski definition) is 0. The summed E-state index contributed by atoms with van der Waals surface area (Å²) in [4.78, 5) is 40.5. The molecule has 11 heteroatoms. The maximum atomic E-state index is 13.3. The highest BCUT2D eigenvalue weighted by molar-refractivity contribution is 7.17. The first kappa shape index (κ1) is 21.3. The van der Waals surface area contributed by atoms with Gasteiger partial charge < -0.3 is 14.1 Å². The van der Waals surface area contributed by atoms with Crippen molar-refractivity contribution in [1.29, 1.82) is 0 Å². The minimum absolute atomic E-state index is 0.159. The van der Waals surface area contributed by atoms with Crippen LogP contribution >= 0.6 is 11.3 Å². The van der Waals surface area contributed by atoms with Crippen LogP contribution < -0.4 is 5.56 Å². The van der Waals surface area contributed by atoms with Crippen LogP contribution in [0.15, 0.2) is 63.3 Å². The van der Waals surface area contributed by atoms with Crippen molar-refractivity contribution in [1.82, 2.24) is 24.1 Å². The van der Waals surface area contributed by atoms with Crippen LogP contribution in [0, 0.1) is 0 Å². The van der Waals surface area contributed by atoms with Gasteiger partial charge in [0.2, 0.25) is 5.78 Å². The molecule has 1 aliphatic rings. The first-order valence-corrected chi connectivity index (χ1v) is 11.8. The number of carbonyl (C=O) groups is 2. The fraction of sp³-hybridized carbons (Fsp3) is 0.208. The number of rotatable bonds is 4. The Morgan fingerprint density at radius 3 is 2.77 bits per heavy atom. The predicted octanol–water partition coefficient (Wildman–Crippen LogP) is 2.55. The average Bonchev–Trinajstić information content (AvgIpc) is 3.65. The maximum Gasteiger partial charge on any atom is 0.329 e. The van der Waals surface area contributed by atoms with Crippen molar-refractivity contribution in [2.75, 3.05) is 0 Å². The van der Waals surface area contributed by atoms with Crippen LogP contribution in [0.5, 0.6) is 0 Å². The second-order valence-corrected chi connectivity index (χ2v) is 9.17. The smallest absolute Gasteiger partial charge is 0.329 e. The molecular formula is C24H19N5O5S. The highest BCUT2D eigenvalue weighted by Crippen LogP contribution is 2.26. The van der Waals surface area contributed by atoms with Crippen molar-refractivity contribution in [2.45, 2.75) is 25.6 Å². The van der Waals surface area contributed by atoms with E-state index in [2.05, 4.69) is 10.2 Å². The number of benzene rings is 1. The monoisotopic (exact) mass is 489 g/mol. The van der Waals surface area contributed by atoms with Gasteiger partial charge in [-0.1, -0.05) is 24.3 Å². The van der Waals surface area contributed by atoms with E-state index in [1.54, 1.807) is 23.6 Å². The zero-order valence-corrected chi connectivity index (χ0v) is 19.4. The lowest BCUT2D eigenvalue weighted by Crippen LogP contribution is -2.49. The Morgan fingerprint density at radius 1 is 1.14 bits per heavy atom. The SMILES string of the molecule is Cn1c(=O)c2sccc2n2c(COC(=O)[C@@H]3Cc4ccccc4CN3C(=O)c3ccco3)nnc12. The van der Waals surface area contributed by atoms with Gasteiger partial charge in [0.1, 0.15) is 10.7 Å². The maximum absolute atomic E-state index is 13.3. The van der Waals surface area contributed by atoms with Gasteiger partial charge in [-0.25, -0.2) is 4.79 Å². The summed E-state index contributed by atoms with van der Waals surface area (Å²) < 4.78 is 14.7. The predicted molar refractivity (Wildman–Crippen MR) is 126 cm³/mol. The third-order valence-corrected chi connectivity index (χ3v) is 7.15. The Balaban J connectivity index is 1.31. The number of aryl methyl sites for hydroxylation is 1. The van der Waals surface area contributed by atoms with Gasteiger partial charge in [0.05, 0.1) is 11.8 Å². The molecule has 0 N–H and O–H groups in total. The summed E-state index contributed by atoms with van der Waals surface area (Å²) in [5.74, 6) is -0.0380. The molecule has 0 saturated carbocycles. The van der Waals surface area contributed by atoms with Gasteiger partial charge in [-0.05, 0) is 34.7 Å². The van der Waals surface area contributed by atoms with Crippen LogP contribution in [-0.2, 0) is 36.2 Å². The Labute approximate surface area is 202 Å². The van der Waals surface area contributed by atoms with E-state index >= 15 is 0 Å². The Morgan fingerprint density at radius 2 is 1.97 bits per heavy atom. The molecule has 1 amide bonds. The Bertz CT molecular complexity index is 1650. The van der Waals surface area contributed by atoms with Gasteiger partial charge in [-0.2, -0.15) is 0 Å². The van der Waals surface area contributed by atoms with E-state index < -0.39 is 12.0 Å². The first-order valence-electron chi connectivity index (χ1n) is 10.9. The number of esters is 1. The summed E-state index contributed by atoms with van der Waals surface area (Å²) >= 11 is 1.33. The number of nitrogens with zero attached hydrogens (tertiary/aromatic N) is 5. The normalized spacial score (nSPS) is 15.5. The molecule has 176 valence electrons. The number of ether oxygens (including phenoxy) is 1. The van der Waals surface area contributed by atoms with Crippen molar-refractivity contribution < 1.29 is 18.7 Å². The molecule has 6 rings (SSSR count). The van der Waals surface area contributed by atoms with Crippen molar-refractivity contribution >= 4 is 39.2 Å². The summed E-state index contributed by atoms with van der Waals surface area (Å²) in [5.41, 5.74) is 2.46. The lowest BCUT2D eigenvalue weighted by atomic mass is 9.93. The van der Waals surface area contributed by atoms with Crippen molar-refractivity contribution in [3.8, 4) is 0 Å². The molecule has 0 bridgehead atoms. The van der Waals surface area contributed by atoms with Gasteiger partial charge in [-0.15, -0.1) is 21.5 Å². The second kappa shape index (κ2) is 8.20. The van der Waals surface area contributed by atoms with Gasteiger partial charge in [0, 0.05) is 20.0 Å². The van der Waals surface area contributed by atoms with Crippen LogP contribution in [0.2, 0.25) is 0 Å². The lowest BCUT2D eigenvalue weighted by Gasteiger charge is -2.34. The molecule has 10 nitrogen and oxygen atoms in total. The van der Waals surface area contributed by atoms with E-state index in [9.17, 15) is 14.4 Å². The molecule has 1 atom stereocenters. The molecule has 1 aromatic carbocycles. The van der Waals surface area contributed by atoms with Crippen molar-refractivity contribution in [3.63, 3.8) is 0 Å². The van der Waals surface area contributed by atoms with Crippen LogP contribution in [0.4, 0.5) is 0 Å². The van der Waals surface area contributed by atoms with Crippen molar-refractivity contribution in [3.05, 3.63) is 87.2 Å². The molecule has 0 spiro atoms. The molecule has 4 aromatic heterocycles. The summed E-state index contributed by atoms with van der Waals surface area (Å²) in [5, 5.41) is 10.1. The minimum Gasteiger partial charge on any atom is -0.459 e. The van der Waals surface area contributed by atoms with Gasteiger partial charge >= 0.3 is 5.97 Å². The van der Waals surface area contributed by atoms with E-state index in [0.29, 0.717) is 28.2 Å². The zero-order valence-electron chi connectivity index (χ0n) is 18.6. The summed E-state index contributed by atoms with van der Waals surface area (Å²) in [6.07, 6.45) is 1.75. The number of fused-ring (bicyclic) bond motifs is 4. The molecule has 0 fully saturated rings. The number of amides is 1. The zero-order chi connectivity index (χ0) is 24.1. The highest BCUT2D eigenvalue weighted by Gasteiger charge is 2.37. The van der Waals surface area contributed by atoms with E-state index in [1.807, 2.05) is 35.7 Å². The van der Waals surface area contributed by atoms with Gasteiger partial charge in [-0.3, -0.25) is 18.6 Å². The molecule has 5 heterocycles. The summed E-state index contributed by atoms with van der Waals surface area (Å²) in [7, 11) is 1.62. The third kappa shape index (κ3) is 3.43. The largest absolute Gasteiger partial charge is 0.459 e. The number of carbonyl (C=O) groups excluding carboxylic acids is 2. The molecule has 0 aliphatic carbocycles. The molecule has 1 aliphatic heterocycles. The highest BCUT2D eigenvalue weighted by atomic mass is 32.1. The fourth-order valence-corrected chi connectivity index (χ4v) is 5.32. The Kier molecular flexibility index (Phi) is 4.99. The van der Waals surface area contributed by atoms with Crippen LogP contribution in [-0.4, -0.2) is 42.0 Å². The average molecular weight is 490 g/mol. The molecule has 0 radical (unpaired) electrons.